The second kappa shape index (κ2) is 13.5. The van der Waals surface area contributed by atoms with Gasteiger partial charge in [0.15, 0.2) is 5.75 Å². The minimum atomic E-state index is -0.682. The summed E-state index contributed by atoms with van der Waals surface area (Å²) in [5, 5.41) is 3.21. The molecule has 4 heterocycles. The van der Waals surface area contributed by atoms with Crippen molar-refractivity contribution in [2.24, 2.45) is 0 Å². The van der Waals surface area contributed by atoms with E-state index in [1.807, 2.05) is 39.8 Å². The van der Waals surface area contributed by atoms with Crippen LogP contribution in [0.1, 0.15) is 84.6 Å². The van der Waals surface area contributed by atoms with Gasteiger partial charge in [-0.1, -0.05) is 11.6 Å². The minimum Gasteiger partial charge on any atom is -0.482 e. The minimum absolute atomic E-state index is 0.0880. The normalized spacial score (nSPS) is 17.3. The van der Waals surface area contributed by atoms with Crippen LogP contribution in [0.15, 0.2) is 24.5 Å². The van der Waals surface area contributed by atoms with Crippen LogP contribution in [0.2, 0.25) is 5.15 Å². The Kier molecular flexibility index (Phi) is 10.3. The lowest BCUT2D eigenvalue weighted by atomic mass is 9.93. The van der Waals surface area contributed by atoms with E-state index in [4.69, 9.17) is 35.5 Å². The quantitative estimate of drug-likeness (QED) is 0.359. The molecule has 43 heavy (non-hydrogen) atoms. The summed E-state index contributed by atoms with van der Waals surface area (Å²) in [7, 11) is 0. The maximum Gasteiger partial charge on any atom is 0.412 e. The predicted molar refractivity (Wildman–Crippen MR) is 165 cm³/mol. The molecule has 0 bridgehead atoms. The van der Waals surface area contributed by atoms with Crippen molar-refractivity contribution >= 4 is 35.2 Å². The van der Waals surface area contributed by atoms with Gasteiger partial charge in [-0.3, -0.25) is 10.3 Å². The van der Waals surface area contributed by atoms with Gasteiger partial charge in [-0.2, -0.15) is 0 Å². The van der Waals surface area contributed by atoms with Gasteiger partial charge in [-0.15, -0.1) is 0 Å². The lowest BCUT2D eigenvalue weighted by Crippen LogP contribution is -2.41. The van der Waals surface area contributed by atoms with E-state index in [9.17, 15) is 9.59 Å². The first-order chi connectivity index (χ1) is 20.2. The average Bonchev–Trinajstić information content (AvgIpc) is 2.92. The molecule has 12 heteroatoms. The number of piperidine rings is 1. The summed E-state index contributed by atoms with van der Waals surface area (Å²) in [4.78, 5) is 38.4. The number of ether oxygens (including phenoxy) is 4. The van der Waals surface area contributed by atoms with Crippen LogP contribution in [0.4, 0.5) is 21.0 Å². The van der Waals surface area contributed by atoms with Crippen LogP contribution in [0.3, 0.4) is 0 Å². The topological polar surface area (TPSA) is 115 Å². The van der Waals surface area contributed by atoms with Gasteiger partial charge >= 0.3 is 12.2 Å². The second-order valence-corrected chi connectivity index (χ2v) is 13.2. The number of carbonyl (C=O) groups is 2. The number of hydrogen-bond donors (Lipinski definition) is 1. The monoisotopic (exact) mass is 617 g/mol. The summed E-state index contributed by atoms with van der Waals surface area (Å²) in [5.74, 6) is 0.464. The Morgan fingerprint density at radius 1 is 1.02 bits per heavy atom. The van der Waals surface area contributed by atoms with Crippen LogP contribution in [0, 0.1) is 0 Å². The molecule has 2 saturated heterocycles. The molecule has 0 radical (unpaired) electrons. The average molecular weight is 618 g/mol. The number of morpholine rings is 1. The molecule has 0 aromatic carbocycles. The number of halogens is 1. The summed E-state index contributed by atoms with van der Waals surface area (Å²) in [6.45, 7) is 16.7. The number of aromatic nitrogens is 2. The molecule has 2 amide bonds. The molecule has 2 fully saturated rings. The molecule has 1 unspecified atom stereocenters. The summed E-state index contributed by atoms with van der Waals surface area (Å²) in [6, 6.07) is 3.75. The molecular weight excluding hydrogens is 574 g/mol. The molecular formula is C31H44ClN5O6. The number of rotatable bonds is 6. The number of likely N-dealkylation sites (tertiary alicyclic amines) is 1. The number of anilines is 2. The standard InChI is InChI=1S/C31H44ClN5O6/c1-20(26-24(8-11-33-27(26)32)36-14-16-40-17-15-36)41-25-19-34-22(18-23(25)35-28(38)42-30(2,3)4)21-9-12-37(13-10-21)29(39)43-31(5,6)7/h8,11,18-21H,9-10,12-17H2,1-7H3,(H,34,35,38). The van der Waals surface area contributed by atoms with Crippen molar-refractivity contribution in [2.75, 3.05) is 49.6 Å². The Bertz CT molecular complexity index is 1280. The van der Waals surface area contributed by atoms with Crippen molar-refractivity contribution in [3.8, 4) is 5.75 Å². The number of pyridine rings is 2. The fourth-order valence-corrected chi connectivity index (χ4v) is 5.42. The van der Waals surface area contributed by atoms with Crippen LogP contribution >= 0.6 is 11.6 Å². The van der Waals surface area contributed by atoms with Gasteiger partial charge in [0.1, 0.15) is 22.5 Å². The van der Waals surface area contributed by atoms with Gasteiger partial charge in [0.25, 0.3) is 0 Å². The van der Waals surface area contributed by atoms with E-state index in [2.05, 4.69) is 15.2 Å². The highest BCUT2D eigenvalue weighted by atomic mass is 35.5. The summed E-state index contributed by atoms with van der Waals surface area (Å²) >= 11 is 6.61. The van der Waals surface area contributed by atoms with Crippen molar-refractivity contribution in [2.45, 2.75) is 84.5 Å². The van der Waals surface area contributed by atoms with Gasteiger partial charge < -0.3 is 28.7 Å². The second-order valence-electron chi connectivity index (χ2n) is 12.9. The first kappa shape index (κ1) is 32.6. The first-order valence-electron chi connectivity index (χ1n) is 14.8. The Morgan fingerprint density at radius 3 is 2.30 bits per heavy atom. The molecule has 1 atom stereocenters. The zero-order valence-electron chi connectivity index (χ0n) is 26.2. The van der Waals surface area contributed by atoms with Crippen LogP contribution in [0.5, 0.6) is 5.75 Å². The molecule has 2 aliphatic heterocycles. The Labute approximate surface area is 259 Å². The first-order valence-corrected chi connectivity index (χ1v) is 15.2. The summed E-state index contributed by atoms with van der Waals surface area (Å²) in [5.41, 5.74) is 1.68. The summed E-state index contributed by atoms with van der Waals surface area (Å²) < 4.78 is 23.0. The van der Waals surface area contributed by atoms with Gasteiger partial charge in [-0.25, -0.2) is 14.6 Å². The molecule has 2 aliphatic rings. The third-order valence-electron chi connectivity index (χ3n) is 7.07. The third kappa shape index (κ3) is 9.09. The number of nitrogens with zero attached hydrogens (tertiary/aromatic N) is 4. The largest absolute Gasteiger partial charge is 0.482 e. The Balaban J connectivity index is 1.56. The third-order valence-corrected chi connectivity index (χ3v) is 7.37. The number of amides is 2. The van der Waals surface area contributed by atoms with Crippen molar-refractivity contribution in [3.05, 3.63) is 40.9 Å². The van der Waals surface area contributed by atoms with Crippen LogP contribution in [-0.2, 0) is 14.2 Å². The maximum absolute atomic E-state index is 12.9. The van der Waals surface area contributed by atoms with Crippen molar-refractivity contribution < 1.29 is 28.5 Å². The van der Waals surface area contributed by atoms with Crippen LogP contribution in [-0.4, -0.2) is 77.6 Å². The van der Waals surface area contributed by atoms with Gasteiger partial charge in [0, 0.05) is 49.7 Å². The molecule has 1 N–H and O–H groups in total. The van der Waals surface area contributed by atoms with E-state index in [1.165, 1.54) is 0 Å². The van der Waals surface area contributed by atoms with E-state index < -0.39 is 23.4 Å². The SMILES string of the molecule is CC(Oc1cnc(C2CCN(C(=O)OC(C)(C)C)CC2)cc1NC(=O)OC(C)(C)C)c1c(N2CCOCC2)ccnc1Cl. The zero-order valence-corrected chi connectivity index (χ0v) is 27.0. The van der Waals surface area contributed by atoms with Crippen LogP contribution < -0.4 is 15.0 Å². The zero-order chi connectivity index (χ0) is 31.4. The lowest BCUT2D eigenvalue weighted by Gasteiger charge is -2.33. The molecule has 0 spiro atoms. The van der Waals surface area contributed by atoms with E-state index in [0.29, 0.717) is 55.7 Å². The molecule has 11 nitrogen and oxygen atoms in total. The van der Waals surface area contributed by atoms with Crippen molar-refractivity contribution in [3.63, 3.8) is 0 Å². The van der Waals surface area contributed by atoms with E-state index in [0.717, 1.165) is 30.0 Å². The molecule has 2 aromatic rings. The van der Waals surface area contributed by atoms with Gasteiger partial charge in [0.05, 0.1) is 30.7 Å². The molecule has 0 aliphatic carbocycles. The van der Waals surface area contributed by atoms with Crippen molar-refractivity contribution in [1.82, 2.24) is 14.9 Å². The molecule has 236 valence electrons. The highest BCUT2D eigenvalue weighted by Crippen LogP contribution is 2.38. The molecule has 0 saturated carbocycles. The highest BCUT2D eigenvalue weighted by molar-refractivity contribution is 6.30. The Morgan fingerprint density at radius 2 is 1.67 bits per heavy atom. The van der Waals surface area contributed by atoms with E-state index in [-0.39, 0.29) is 12.0 Å². The number of hydrogen-bond acceptors (Lipinski definition) is 9. The fraction of sp³-hybridized carbons (Fsp3) is 0.613. The fourth-order valence-electron chi connectivity index (χ4n) is 5.12. The highest BCUT2D eigenvalue weighted by Gasteiger charge is 2.30. The maximum atomic E-state index is 12.9. The lowest BCUT2D eigenvalue weighted by molar-refractivity contribution is 0.0203. The molecule has 2 aromatic heterocycles. The smallest absolute Gasteiger partial charge is 0.412 e. The van der Waals surface area contributed by atoms with Crippen LogP contribution in [0.25, 0.3) is 0 Å². The van der Waals surface area contributed by atoms with E-state index >= 15 is 0 Å². The molecule has 4 rings (SSSR count). The van der Waals surface area contributed by atoms with E-state index in [1.54, 1.807) is 38.1 Å². The number of carbonyl (C=O) groups excluding carboxylic acids is 2. The Hall–Kier alpha value is -3.31. The summed E-state index contributed by atoms with van der Waals surface area (Å²) in [6.07, 6.45) is 3.31. The van der Waals surface area contributed by atoms with Gasteiger partial charge in [0.2, 0.25) is 0 Å². The van der Waals surface area contributed by atoms with Crippen molar-refractivity contribution in [1.29, 1.82) is 0 Å². The predicted octanol–water partition coefficient (Wildman–Crippen LogP) is 6.57. The van der Waals surface area contributed by atoms with Gasteiger partial charge in [-0.05, 0) is 73.4 Å². The number of nitrogens with one attached hydrogen (secondary N) is 1.